The number of ether oxygens (including phenoxy) is 1. The van der Waals surface area contributed by atoms with E-state index in [0.717, 1.165) is 6.42 Å². The molecule has 0 aliphatic carbocycles. The zero-order valence-electron chi connectivity index (χ0n) is 18.6. The second kappa shape index (κ2) is 10.2. The van der Waals surface area contributed by atoms with Crippen molar-refractivity contribution in [3.05, 3.63) is 54.6 Å². The predicted octanol–water partition coefficient (Wildman–Crippen LogP) is 2.13. The number of aliphatic carboxylic acids is 1. The summed E-state index contributed by atoms with van der Waals surface area (Å²) in [6, 6.07) is 13.3. The van der Waals surface area contributed by atoms with E-state index in [4.69, 9.17) is 4.74 Å². The first-order valence-corrected chi connectivity index (χ1v) is 12.3. The van der Waals surface area contributed by atoms with E-state index in [1.54, 1.807) is 24.3 Å². The lowest BCUT2D eigenvalue weighted by molar-refractivity contribution is -0.157. The highest BCUT2D eigenvalue weighted by Crippen LogP contribution is 2.25. The van der Waals surface area contributed by atoms with E-state index in [9.17, 15) is 33.0 Å². The second-order valence-corrected chi connectivity index (χ2v) is 10.0. The Kier molecular flexibility index (Phi) is 7.57. The van der Waals surface area contributed by atoms with E-state index >= 15 is 0 Å². The Balaban J connectivity index is 1.75. The number of hydrogen-bond donors (Lipinski definition) is 2. The number of nitrogens with zero attached hydrogens (tertiary/aromatic N) is 2. The van der Waals surface area contributed by atoms with Crippen LogP contribution in [0.2, 0.25) is 0 Å². The van der Waals surface area contributed by atoms with Crippen LogP contribution in [0.4, 0.5) is 4.79 Å². The fourth-order valence-electron chi connectivity index (χ4n) is 3.45. The topological polar surface area (TPSA) is 142 Å². The number of hydrogen-bond acceptors (Lipinski definition) is 7. The molecule has 0 aromatic heterocycles. The van der Waals surface area contributed by atoms with Crippen LogP contribution in [0.1, 0.15) is 19.8 Å². The average Bonchev–Trinajstić information content (AvgIpc) is 3.05. The zero-order valence-corrected chi connectivity index (χ0v) is 19.4. The van der Waals surface area contributed by atoms with Gasteiger partial charge in [-0.15, -0.1) is 0 Å². The highest BCUT2D eigenvalue weighted by atomic mass is 32.2. The Bertz CT molecular complexity index is 1150. The molecule has 1 unspecified atom stereocenters. The van der Waals surface area contributed by atoms with E-state index in [1.807, 2.05) is 13.0 Å². The number of amides is 3. The number of β-amino-alcohol motifs (C(OH)–C–C–N with tert-alkyl or cyclic N) is 1. The van der Waals surface area contributed by atoms with Crippen LogP contribution in [-0.4, -0.2) is 77.3 Å². The van der Waals surface area contributed by atoms with Crippen LogP contribution < -0.4 is 4.74 Å². The Morgan fingerprint density at radius 2 is 1.68 bits per heavy atom. The summed E-state index contributed by atoms with van der Waals surface area (Å²) in [7, 11) is -4.31. The molecule has 10 nitrogen and oxygen atoms in total. The van der Waals surface area contributed by atoms with Crippen molar-refractivity contribution in [3.63, 3.8) is 0 Å². The van der Waals surface area contributed by atoms with Crippen molar-refractivity contribution in [3.8, 4) is 11.5 Å². The van der Waals surface area contributed by atoms with Gasteiger partial charge in [-0.1, -0.05) is 31.5 Å². The number of rotatable bonds is 11. The number of imide groups is 1. The first-order chi connectivity index (χ1) is 16.1. The molecule has 2 aromatic rings. The van der Waals surface area contributed by atoms with Crippen molar-refractivity contribution in [2.24, 2.45) is 0 Å². The summed E-state index contributed by atoms with van der Waals surface area (Å²) in [6.45, 7) is 0.995. The molecule has 1 saturated heterocycles. The van der Waals surface area contributed by atoms with Gasteiger partial charge in [0.1, 0.15) is 18.0 Å². The molecule has 1 heterocycles. The van der Waals surface area contributed by atoms with Gasteiger partial charge in [0.15, 0.2) is 15.4 Å². The number of carboxylic acids is 1. The van der Waals surface area contributed by atoms with Gasteiger partial charge in [-0.2, -0.15) is 0 Å². The number of aliphatic hydroxyl groups is 1. The molecule has 1 aliphatic heterocycles. The largest absolute Gasteiger partial charge is 0.479 e. The summed E-state index contributed by atoms with van der Waals surface area (Å²) in [5.74, 6) is -2.86. The van der Waals surface area contributed by atoms with Crippen molar-refractivity contribution >= 4 is 27.7 Å². The number of carboxylic acid groups (broad SMARTS) is 1. The summed E-state index contributed by atoms with van der Waals surface area (Å²) in [6.07, 6.45) is 1.43. The lowest BCUT2D eigenvalue weighted by atomic mass is 10.1. The van der Waals surface area contributed by atoms with Crippen molar-refractivity contribution in [2.45, 2.75) is 30.3 Å². The Morgan fingerprint density at radius 1 is 1.06 bits per heavy atom. The number of urea groups is 1. The molecule has 1 aliphatic rings. The van der Waals surface area contributed by atoms with Gasteiger partial charge in [-0.05, 0) is 42.8 Å². The Labute approximate surface area is 197 Å². The van der Waals surface area contributed by atoms with Crippen LogP contribution in [0.3, 0.4) is 0 Å². The number of benzene rings is 2. The molecule has 34 heavy (non-hydrogen) atoms. The molecule has 1 fully saturated rings. The molecular weight excluding hydrogens is 464 g/mol. The SMILES string of the molecule is CCCCN1CC(=O)N(CC(O)(CS(=O)(=O)c2ccc(Oc3ccccc3)cc2)C(=O)O)C1=O. The fourth-order valence-corrected chi connectivity index (χ4v) is 5.01. The average molecular weight is 491 g/mol. The summed E-state index contributed by atoms with van der Waals surface area (Å²) in [4.78, 5) is 38.2. The van der Waals surface area contributed by atoms with E-state index < -0.39 is 45.6 Å². The van der Waals surface area contributed by atoms with Crippen LogP contribution in [-0.2, 0) is 19.4 Å². The third kappa shape index (κ3) is 5.72. The minimum atomic E-state index is -4.31. The maximum absolute atomic E-state index is 12.9. The maximum atomic E-state index is 12.9. The molecule has 11 heteroatoms. The van der Waals surface area contributed by atoms with Gasteiger partial charge in [0, 0.05) is 6.54 Å². The summed E-state index contributed by atoms with van der Waals surface area (Å²) >= 11 is 0. The van der Waals surface area contributed by atoms with Gasteiger partial charge in [0.2, 0.25) is 5.91 Å². The van der Waals surface area contributed by atoms with Crippen molar-refractivity contribution in [1.82, 2.24) is 9.80 Å². The van der Waals surface area contributed by atoms with E-state index in [1.165, 1.54) is 29.2 Å². The number of para-hydroxylation sites is 1. The summed E-state index contributed by atoms with van der Waals surface area (Å²) < 4.78 is 31.4. The normalized spacial score (nSPS) is 15.9. The highest BCUT2D eigenvalue weighted by Gasteiger charge is 2.48. The monoisotopic (exact) mass is 490 g/mol. The lowest BCUT2D eigenvalue weighted by Crippen LogP contribution is -2.55. The van der Waals surface area contributed by atoms with E-state index in [2.05, 4.69) is 0 Å². The quantitative estimate of drug-likeness (QED) is 0.456. The zero-order chi connectivity index (χ0) is 24.9. The van der Waals surface area contributed by atoms with Crippen molar-refractivity contribution < 1.29 is 37.8 Å². The van der Waals surface area contributed by atoms with Crippen molar-refractivity contribution in [1.29, 1.82) is 0 Å². The van der Waals surface area contributed by atoms with Gasteiger partial charge in [0.05, 0.1) is 17.2 Å². The molecule has 0 saturated carbocycles. The molecule has 0 bridgehead atoms. The molecule has 3 rings (SSSR count). The molecule has 3 amide bonds. The van der Waals surface area contributed by atoms with Gasteiger partial charge in [-0.25, -0.2) is 18.0 Å². The smallest absolute Gasteiger partial charge is 0.338 e. The predicted molar refractivity (Wildman–Crippen MR) is 121 cm³/mol. The third-order valence-electron chi connectivity index (χ3n) is 5.32. The van der Waals surface area contributed by atoms with Gasteiger partial charge < -0.3 is 19.8 Å². The molecule has 182 valence electrons. The number of carbonyl (C=O) groups excluding carboxylic acids is 2. The van der Waals surface area contributed by atoms with Crippen LogP contribution in [0.15, 0.2) is 59.5 Å². The standard InChI is InChI=1S/C23H26N2O8S/c1-2-3-13-24-14-20(26)25(22(24)29)15-23(30,21(27)28)16-34(31,32)19-11-9-18(10-12-19)33-17-7-5-4-6-8-17/h4-12,30H,2-3,13-16H2,1H3,(H,27,28). The minimum absolute atomic E-state index is 0.240. The molecular formula is C23H26N2O8S. The van der Waals surface area contributed by atoms with Gasteiger partial charge >= 0.3 is 12.0 Å². The number of carbonyl (C=O) groups is 3. The molecule has 0 radical (unpaired) electrons. The van der Waals surface area contributed by atoms with Crippen molar-refractivity contribution in [2.75, 3.05) is 25.4 Å². The summed E-state index contributed by atoms with van der Waals surface area (Å²) in [5, 5.41) is 20.3. The van der Waals surface area contributed by atoms with Crippen LogP contribution in [0.5, 0.6) is 11.5 Å². The first-order valence-electron chi connectivity index (χ1n) is 10.7. The fraction of sp³-hybridized carbons (Fsp3) is 0.348. The van der Waals surface area contributed by atoms with E-state index in [-0.39, 0.29) is 11.4 Å². The highest BCUT2D eigenvalue weighted by molar-refractivity contribution is 7.91. The van der Waals surface area contributed by atoms with E-state index in [0.29, 0.717) is 29.4 Å². The number of sulfone groups is 1. The van der Waals surface area contributed by atoms with Gasteiger partial charge in [-0.3, -0.25) is 9.69 Å². The van der Waals surface area contributed by atoms with Crippen LogP contribution in [0.25, 0.3) is 0 Å². The number of unbranched alkanes of at least 4 members (excludes halogenated alkanes) is 1. The molecule has 2 aromatic carbocycles. The third-order valence-corrected chi connectivity index (χ3v) is 7.17. The molecule has 2 N–H and O–H groups in total. The van der Waals surface area contributed by atoms with Crippen LogP contribution >= 0.6 is 0 Å². The maximum Gasteiger partial charge on any atom is 0.338 e. The molecule has 1 atom stereocenters. The summed E-state index contributed by atoms with van der Waals surface area (Å²) in [5.41, 5.74) is -2.88. The molecule has 0 spiro atoms. The van der Waals surface area contributed by atoms with Crippen LogP contribution in [0, 0.1) is 0 Å². The minimum Gasteiger partial charge on any atom is -0.479 e. The van der Waals surface area contributed by atoms with Gasteiger partial charge in [0.25, 0.3) is 0 Å². The second-order valence-electron chi connectivity index (χ2n) is 8.02. The Hall–Kier alpha value is -3.44. The first kappa shape index (κ1) is 25.2. The Morgan fingerprint density at radius 3 is 2.26 bits per heavy atom. The lowest BCUT2D eigenvalue weighted by Gasteiger charge is -2.27.